The largest absolute Gasteiger partial charge is 0.338 e. The maximum Gasteiger partial charge on any atom is 0.317 e. The lowest BCUT2D eigenvalue weighted by Crippen LogP contribution is -2.37. The molecule has 0 saturated carbocycles. The smallest absolute Gasteiger partial charge is 0.317 e. The van der Waals surface area contributed by atoms with Crippen LogP contribution in [0.4, 0.5) is 4.79 Å². The molecule has 3 nitrogen and oxygen atoms in total. The topological polar surface area (TPSA) is 32.3 Å². The summed E-state index contributed by atoms with van der Waals surface area (Å²) >= 11 is 0. The Morgan fingerprint density at radius 1 is 0.950 bits per heavy atom. The number of carbonyl (C=O) groups is 1. The monoisotopic (exact) mass is 268 g/mol. The molecule has 0 atom stereocenters. The number of amides is 2. The molecule has 2 amide bonds. The van der Waals surface area contributed by atoms with Gasteiger partial charge in [0.15, 0.2) is 0 Å². The lowest BCUT2D eigenvalue weighted by molar-refractivity contribution is 0.207. The van der Waals surface area contributed by atoms with Gasteiger partial charge >= 0.3 is 6.03 Å². The van der Waals surface area contributed by atoms with Crippen molar-refractivity contribution in [1.29, 1.82) is 0 Å². The molecular formula is C17H20N2O. The molecule has 0 aliphatic rings. The van der Waals surface area contributed by atoms with Crippen molar-refractivity contribution in [2.24, 2.45) is 0 Å². The third-order valence-corrected chi connectivity index (χ3v) is 3.14. The van der Waals surface area contributed by atoms with E-state index in [1.54, 1.807) is 4.90 Å². The van der Waals surface area contributed by atoms with Crippen LogP contribution < -0.4 is 5.32 Å². The third-order valence-electron chi connectivity index (χ3n) is 3.14. The van der Waals surface area contributed by atoms with Crippen LogP contribution in [-0.4, -0.2) is 24.5 Å². The van der Waals surface area contributed by atoms with Gasteiger partial charge in [-0.25, -0.2) is 4.79 Å². The van der Waals surface area contributed by atoms with Gasteiger partial charge in [-0.2, -0.15) is 0 Å². The van der Waals surface area contributed by atoms with Crippen molar-refractivity contribution >= 4 is 6.03 Å². The van der Waals surface area contributed by atoms with Gasteiger partial charge in [-0.15, -0.1) is 0 Å². The zero-order valence-corrected chi connectivity index (χ0v) is 11.8. The van der Waals surface area contributed by atoms with Gasteiger partial charge in [-0.3, -0.25) is 0 Å². The summed E-state index contributed by atoms with van der Waals surface area (Å²) in [5.41, 5.74) is 2.37. The van der Waals surface area contributed by atoms with Crippen molar-refractivity contribution in [2.45, 2.75) is 13.0 Å². The van der Waals surface area contributed by atoms with Gasteiger partial charge in [0.25, 0.3) is 0 Å². The van der Waals surface area contributed by atoms with E-state index in [1.165, 1.54) is 5.56 Å². The molecular weight excluding hydrogens is 248 g/mol. The molecule has 20 heavy (non-hydrogen) atoms. The Morgan fingerprint density at radius 3 is 2.10 bits per heavy atom. The molecule has 0 fully saturated rings. The second kappa shape index (κ2) is 7.34. The maximum absolute atomic E-state index is 12.0. The lowest BCUT2D eigenvalue weighted by Gasteiger charge is -2.18. The van der Waals surface area contributed by atoms with Crippen LogP contribution in [-0.2, 0) is 13.0 Å². The highest BCUT2D eigenvalue weighted by molar-refractivity contribution is 5.73. The van der Waals surface area contributed by atoms with E-state index in [-0.39, 0.29) is 6.03 Å². The van der Waals surface area contributed by atoms with Crippen LogP contribution in [0.15, 0.2) is 60.7 Å². The van der Waals surface area contributed by atoms with E-state index in [0.29, 0.717) is 13.1 Å². The van der Waals surface area contributed by atoms with Gasteiger partial charge in [-0.05, 0) is 17.5 Å². The molecule has 0 radical (unpaired) electrons. The first-order valence-corrected chi connectivity index (χ1v) is 6.82. The van der Waals surface area contributed by atoms with E-state index in [0.717, 1.165) is 12.0 Å². The zero-order chi connectivity index (χ0) is 14.2. The van der Waals surface area contributed by atoms with Gasteiger partial charge < -0.3 is 10.2 Å². The molecule has 0 saturated heterocycles. The predicted molar refractivity (Wildman–Crippen MR) is 81.5 cm³/mol. The number of hydrogen-bond acceptors (Lipinski definition) is 1. The Bertz CT molecular complexity index is 525. The van der Waals surface area contributed by atoms with E-state index >= 15 is 0 Å². The quantitative estimate of drug-likeness (QED) is 0.888. The molecule has 2 aromatic carbocycles. The Labute approximate surface area is 120 Å². The minimum atomic E-state index is -0.0372. The molecule has 0 bridgehead atoms. The molecule has 2 rings (SSSR count). The van der Waals surface area contributed by atoms with Crippen LogP contribution in [0.3, 0.4) is 0 Å². The second-order valence-electron chi connectivity index (χ2n) is 4.81. The van der Waals surface area contributed by atoms with Gasteiger partial charge in [0.1, 0.15) is 0 Å². The van der Waals surface area contributed by atoms with Gasteiger partial charge in [0.05, 0.1) is 0 Å². The number of nitrogens with one attached hydrogen (secondary N) is 1. The number of rotatable bonds is 5. The second-order valence-corrected chi connectivity index (χ2v) is 4.81. The van der Waals surface area contributed by atoms with E-state index < -0.39 is 0 Å². The summed E-state index contributed by atoms with van der Waals surface area (Å²) in [6.45, 7) is 1.28. The standard InChI is InChI=1S/C17H20N2O/c1-19(14-16-10-6-3-7-11-16)17(20)18-13-12-15-8-4-2-5-9-15/h2-11H,12-14H2,1H3,(H,18,20). The number of nitrogens with zero attached hydrogens (tertiary/aromatic N) is 1. The van der Waals surface area contributed by atoms with Crippen LogP contribution >= 0.6 is 0 Å². The third kappa shape index (κ3) is 4.43. The first-order chi connectivity index (χ1) is 9.75. The van der Waals surface area contributed by atoms with Gasteiger partial charge in [0.2, 0.25) is 0 Å². The minimum Gasteiger partial charge on any atom is -0.338 e. The number of hydrogen-bond donors (Lipinski definition) is 1. The number of urea groups is 1. The Balaban J connectivity index is 1.74. The molecule has 104 valence electrons. The molecule has 2 aromatic rings. The van der Waals surface area contributed by atoms with Gasteiger partial charge in [-0.1, -0.05) is 60.7 Å². The average molecular weight is 268 g/mol. The molecule has 0 aliphatic carbocycles. The number of carbonyl (C=O) groups excluding carboxylic acids is 1. The van der Waals surface area contributed by atoms with Crippen LogP contribution in [0, 0.1) is 0 Å². The van der Waals surface area contributed by atoms with Crippen LogP contribution in [0.25, 0.3) is 0 Å². The summed E-state index contributed by atoms with van der Waals surface area (Å²) < 4.78 is 0. The van der Waals surface area contributed by atoms with Crippen LogP contribution in [0.1, 0.15) is 11.1 Å². The lowest BCUT2D eigenvalue weighted by atomic mass is 10.1. The SMILES string of the molecule is CN(Cc1ccccc1)C(=O)NCCc1ccccc1. The average Bonchev–Trinajstić information content (AvgIpc) is 2.49. The fourth-order valence-electron chi connectivity index (χ4n) is 2.02. The molecule has 0 aromatic heterocycles. The molecule has 0 heterocycles. The number of benzene rings is 2. The summed E-state index contributed by atoms with van der Waals surface area (Å²) in [5, 5.41) is 2.94. The zero-order valence-electron chi connectivity index (χ0n) is 11.8. The minimum absolute atomic E-state index is 0.0372. The van der Waals surface area contributed by atoms with E-state index in [2.05, 4.69) is 17.4 Å². The molecule has 3 heteroatoms. The summed E-state index contributed by atoms with van der Waals surface area (Å²) in [7, 11) is 1.81. The van der Waals surface area contributed by atoms with Crippen molar-refractivity contribution in [1.82, 2.24) is 10.2 Å². The fourth-order valence-corrected chi connectivity index (χ4v) is 2.02. The Kier molecular flexibility index (Phi) is 5.18. The highest BCUT2D eigenvalue weighted by Crippen LogP contribution is 2.03. The molecule has 0 unspecified atom stereocenters. The Morgan fingerprint density at radius 2 is 1.50 bits per heavy atom. The summed E-state index contributed by atoms with van der Waals surface area (Å²) in [4.78, 5) is 13.6. The van der Waals surface area contributed by atoms with Crippen molar-refractivity contribution in [3.8, 4) is 0 Å². The summed E-state index contributed by atoms with van der Waals surface area (Å²) in [6.07, 6.45) is 0.853. The van der Waals surface area contributed by atoms with Crippen molar-refractivity contribution < 1.29 is 4.79 Å². The maximum atomic E-state index is 12.0. The normalized spacial score (nSPS) is 10.1. The van der Waals surface area contributed by atoms with Crippen molar-refractivity contribution in [3.63, 3.8) is 0 Å². The van der Waals surface area contributed by atoms with Crippen LogP contribution in [0.5, 0.6) is 0 Å². The van der Waals surface area contributed by atoms with E-state index in [1.807, 2.05) is 55.6 Å². The highest BCUT2D eigenvalue weighted by Gasteiger charge is 2.07. The molecule has 1 N–H and O–H groups in total. The fraction of sp³-hybridized carbons (Fsp3) is 0.235. The molecule has 0 spiro atoms. The van der Waals surface area contributed by atoms with E-state index in [4.69, 9.17) is 0 Å². The van der Waals surface area contributed by atoms with Gasteiger partial charge in [0, 0.05) is 20.1 Å². The first kappa shape index (κ1) is 14.1. The van der Waals surface area contributed by atoms with Crippen molar-refractivity contribution in [3.05, 3.63) is 71.8 Å². The predicted octanol–water partition coefficient (Wildman–Crippen LogP) is 3.07. The summed E-state index contributed by atoms with van der Waals surface area (Å²) in [6, 6.07) is 20.1. The summed E-state index contributed by atoms with van der Waals surface area (Å²) in [5.74, 6) is 0. The van der Waals surface area contributed by atoms with Crippen molar-refractivity contribution in [2.75, 3.05) is 13.6 Å². The first-order valence-electron chi connectivity index (χ1n) is 6.82. The highest BCUT2D eigenvalue weighted by atomic mass is 16.2. The molecule has 0 aliphatic heterocycles. The van der Waals surface area contributed by atoms with Crippen LogP contribution in [0.2, 0.25) is 0 Å². The van der Waals surface area contributed by atoms with E-state index in [9.17, 15) is 4.79 Å². The Hall–Kier alpha value is -2.29.